The van der Waals surface area contributed by atoms with E-state index in [1.165, 1.54) is 0 Å². The zero-order valence-corrected chi connectivity index (χ0v) is 11.4. The molecule has 0 amide bonds. The standard InChI is InChI=1S/C13H18N4O3/c1-9-6-11(20-16-9)10-7-15-17(3-4-18)13(10)12-8-14-2-5-19-12/h6-7,12,14,18H,2-5,8H2,1H3/t12-/m1/s1. The zero-order valence-electron chi connectivity index (χ0n) is 11.4. The fourth-order valence-electron chi connectivity index (χ4n) is 2.43. The number of hydrogen-bond acceptors (Lipinski definition) is 6. The van der Waals surface area contributed by atoms with Crippen molar-refractivity contribution in [1.82, 2.24) is 20.3 Å². The second-order valence-corrected chi connectivity index (χ2v) is 4.79. The normalized spacial score (nSPS) is 19.4. The minimum atomic E-state index is -0.0989. The Balaban J connectivity index is 2.00. The first-order chi connectivity index (χ1) is 9.79. The highest BCUT2D eigenvalue weighted by Crippen LogP contribution is 2.31. The van der Waals surface area contributed by atoms with Crippen LogP contribution in [0.3, 0.4) is 0 Å². The lowest BCUT2D eigenvalue weighted by molar-refractivity contribution is 0.0218. The topological polar surface area (TPSA) is 85.3 Å². The van der Waals surface area contributed by atoms with Gasteiger partial charge in [-0.05, 0) is 6.92 Å². The zero-order chi connectivity index (χ0) is 13.9. The molecule has 7 nitrogen and oxygen atoms in total. The molecule has 0 bridgehead atoms. The van der Waals surface area contributed by atoms with Gasteiger partial charge in [0.05, 0.1) is 42.9 Å². The van der Waals surface area contributed by atoms with Crippen LogP contribution in [0.25, 0.3) is 11.3 Å². The van der Waals surface area contributed by atoms with Crippen LogP contribution < -0.4 is 5.32 Å². The van der Waals surface area contributed by atoms with Gasteiger partial charge in [-0.3, -0.25) is 4.68 Å². The highest BCUT2D eigenvalue weighted by molar-refractivity contribution is 5.60. The first kappa shape index (κ1) is 13.3. The largest absolute Gasteiger partial charge is 0.394 e. The van der Waals surface area contributed by atoms with Gasteiger partial charge >= 0.3 is 0 Å². The van der Waals surface area contributed by atoms with Crippen LogP contribution in [-0.4, -0.2) is 46.3 Å². The van der Waals surface area contributed by atoms with Crippen molar-refractivity contribution >= 4 is 0 Å². The van der Waals surface area contributed by atoms with Gasteiger partial charge in [-0.1, -0.05) is 5.16 Å². The lowest BCUT2D eigenvalue weighted by atomic mass is 10.1. The summed E-state index contributed by atoms with van der Waals surface area (Å²) >= 11 is 0. The van der Waals surface area contributed by atoms with E-state index in [0.717, 1.165) is 30.0 Å². The molecule has 20 heavy (non-hydrogen) atoms. The monoisotopic (exact) mass is 278 g/mol. The number of rotatable bonds is 4. The maximum atomic E-state index is 9.17. The molecule has 0 aromatic carbocycles. The van der Waals surface area contributed by atoms with Gasteiger partial charge < -0.3 is 19.7 Å². The molecular weight excluding hydrogens is 260 g/mol. The molecular formula is C13H18N4O3. The van der Waals surface area contributed by atoms with Gasteiger partial charge in [0.1, 0.15) is 6.10 Å². The fraction of sp³-hybridized carbons (Fsp3) is 0.538. The van der Waals surface area contributed by atoms with Crippen LogP contribution in [0.5, 0.6) is 0 Å². The average molecular weight is 278 g/mol. The van der Waals surface area contributed by atoms with E-state index in [9.17, 15) is 5.11 Å². The molecule has 3 heterocycles. The van der Waals surface area contributed by atoms with Crippen molar-refractivity contribution in [2.24, 2.45) is 0 Å². The highest BCUT2D eigenvalue weighted by atomic mass is 16.5. The van der Waals surface area contributed by atoms with Crippen LogP contribution in [0.1, 0.15) is 17.5 Å². The van der Waals surface area contributed by atoms with Crippen LogP contribution in [0.2, 0.25) is 0 Å². The van der Waals surface area contributed by atoms with E-state index in [0.29, 0.717) is 18.9 Å². The Hall–Kier alpha value is -1.70. The van der Waals surface area contributed by atoms with E-state index in [2.05, 4.69) is 15.6 Å². The Bertz CT molecular complexity index is 572. The Kier molecular flexibility index (Phi) is 3.81. The third kappa shape index (κ3) is 2.47. The molecule has 2 aromatic heterocycles. The quantitative estimate of drug-likeness (QED) is 0.847. The van der Waals surface area contributed by atoms with Crippen LogP contribution in [-0.2, 0) is 11.3 Å². The third-order valence-corrected chi connectivity index (χ3v) is 3.32. The summed E-state index contributed by atoms with van der Waals surface area (Å²) in [6.07, 6.45) is 1.64. The van der Waals surface area contributed by atoms with Crippen LogP contribution in [0.15, 0.2) is 16.8 Å². The molecule has 3 rings (SSSR count). The molecule has 7 heteroatoms. The number of morpholine rings is 1. The number of ether oxygens (including phenoxy) is 1. The smallest absolute Gasteiger partial charge is 0.170 e. The molecule has 0 unspecified atom stereocenters. The van der Waals surface area contributed by atoms with Crippen molar-refractivity contribution in [3.05, 3.63) is 23.7 Å². The fourth-order valence-corrected chi connectivity index (χ4v) is 2.43. The number of aromatic nitrogens is 3. The molecule has 0 spiro atoms. The van der Waals surface area contributed by atoms with E-state index >= 15 is 0 Å². The SMILES string of the molecule is Cc1cc(-c2cnn(CCO)c2[C@H]2CNCCO2)on1. The molecule has 1 aliphatic heterocycles. The van der Waals surface area contributed by atoms with E-state index in [-0.39, 0.29) is 12.7 Å². The summed E-state index contributed by atoms with van der Waals surface area (Å²) in [5.74, 6) is 0.677. The second-order valence-electron chi connectivity index (χ2n) is 4.79. The predicted octanol–water partition coefficient (Wildman–Crippen LogP) is 0.500. The number of nitrogens with zero attached hydrogens (tertiary/aromatic N) is 3. The maximum absolute atomic E-state index is 9.17. The molecule has 1 aliphatic rings. The highest BCUT2D eigenvalue weighted by Gasteiger charge is 2.26. The number of hydrogen-bond donors (Lipinski definition) is 2. The van der Waals surface area contributed by atoms with Gasteiger partial charge in [0.25, 0.3) is 0 Å². The van der Waals surface area contributed by atoms with Crippen molar-refractivity contribution in [3.8, 4) is 11.3 Å². The van der Waals surface area contributed by atoms with E-state index in [1.807, 2.05) is 13.0 Å². The van der Waals surface area contributed by atoms with Crippen LogP contribution in [0.4, 0.5) is 0 Å². The van der Waals surface area contributed by atoms with Crippen LogP contribution in [0, 0.1) is 6.92 Å². The summed E-state index contributed by atoms with van der Waals surface area (Å²) in [7, 11) is 0. The van der Waals surface area contributed by atoms with Gasteiger partial charge in [0.15, 0.2) is 5.76 Å². The van der Waals surface area contributed by atoms with E-state index < -0.39 is 0 Å². The van der Waals surface area contributed by atoms with Gasteiger partial charge in [-0.25, -0.2) is 0 Å². The first-order valence-corrected chi connectivity index (χ1v) is 6.72. The number of nitrogens with one attached hydrogen (secondary N) is 1. The minimum Gasteiger partial charge on any atom is -0.394 e. The molecule has 0 aliphatic carbocycles. The lowest BCUT2D eigenvalue weighted by Crippen LogP contribution is -2.34. The number of aliphatic hydroxyl groups is 1. The summed E-state index contributed by atoms with van der Waals surface area (Å²) in [5.41, 5.74) is 2.61. The number of aryl methyl sites for hydroxylation is 1. The van der Waals surface area contributed by atoms with Crippen molar-refractivity contribution in [1.29, 1.82) is 0 Å². The van der Waals surface area contributed by atoms with Crippen molar-refractivity contribution < 1.29 is 14.4 Å². The van der Waals surface area contributed by atoms with E-state index in [4.69, 9.17) is 9.26 Å². The number of aliphatic hydroxyl groups excluding tert-OH is 1. The van der Waals surface area contributed by atoms with Gasteiger partial charge in [0, 0.05) is 19.2 Å². The summed E-state index contributed by atoms with van der Waals surface area (Å²) in [6.45, 7) is 4.57. The summed E-state index contributed by atoms with van der Waals surface area (Å²) in [5, 5.41) is 20.7. The van der Waals surface area contributed by atoms with Gasteiger partial charge in [0.2, 0.25) is 0 Å². The summed E-state index contributed by atoms with van der Waals surface area (Å²) < 4.78 is 12.9. The molecule has 2 aromatic rings. The maximum Gasteiger partial charge on any atom is 0.170 e. The van der Waals surface area contributed by atoms with Gasteiger partial charge in [-0.15, -0.1) is 0 Å². The third-order valence-electron chi connectivity index (χ3n) is 3.32. The lowest BCUT2D eigenvalue weighted by Gasteiger charge is -2.25. The Morgan fingerprint density at radius 1 is 1.55 bits per heavy atom. The molecule has 1 atom stereocenters. The molecule has 1 saturated heterocycles. The van der Waals surface area contributed by atoms with Crippen molar-refractivity contribution in [2.75, 3.05) is 26.3 Å². The summed E-state index contributed by atoms with van der Waals surface area (Å²) in [6, 6.07) is 1.88. The predicted molar refractivity (Wildman–Crippen MR) is 71.1 cm³/mol. The van der Waals surface area contributed by atoms with E-state index in [1.54, 1.807) is 10.9 Å². The molecule has 0 saturated carbocycles. The minimum absolute atomic E-state index is 0.0314. The molecule has 2 N–H and O–H groups in total. The average Bonchev–Trinajstić information content (AvgIpc) is 3.06. The van der Waals surface area contributed by atoms with Crippen molar-refractivity contribution in [3.63, 3.8) is 0 Å². The Morgan fingerprint density at radius 3 is 3.10 bits per heavy atom. The van der Waals surface area contributed by atoms with Gasteiger partial charge in [-0.2, -0.15) is 5.10 Å². The first-order valence-electron chi connectivity index (χ1n) is 6.72. The van der Waals surface area contributed by atoms with Crippen molar-refractivity contribution in [2.45, 2.75) is 19.6 Å². The second kappa shape index (κ2) is 5.74. The summed E-state index contributed by atoms with van der Waals surface area (Å²) in [4.78, 5) is 0. The van der Waals surface area contributed by atoms with Crippen LogP contribution >= 0.6 is 0 Å². The molecule has 0 radical (unpaired) electrons. The molecule has 108 valence electrons. The molecule has 1 fully saturated rings. The Labute approximate surface area is 116 Å². The Morgan fingerprint density at radius 2 is 2.45 bits per heavy atom.